The maximum atomic E-state index is 13.7. The number of likely N-dealkylation sites (tertiary alicyclic amines) is 1. The number of alkyl halides is 6. The zero-order valence-electron chi connectivity index (χ0n) is 21.1. The smallest absolute Gasteiger partial charge is 0.416 e. The Bertz CT molecular complexity index is 1150. The van der Waals surface area contributed by atoms with Crippen LogP contribution in [0, 0.1) is 18.7 Å². The van der Waals surface area contributed by atoms with Crippen molar-refractivity contribution in [2.24, 2.45) is 5.92 Å². The van der Waals surface area contributed by atoms with Gasteiger partial charge in [0, 0.05) is 38.5 Å². The van der Waals surface area contributed by atoms with Crippen LogP contribution in [0.5, 0.6) is 0 Å². The first-order valence-corrected chi connectivity index (χ1v) is 11.8. The molecule has 0 radical (unpaired) electrons. The van der Waals surface area contributed by atoms with E-state index in [0.29, 0.717) is 29.8 Å². The summed E-state index contributed by atoms with van der Waals surface area (Å²) in [7, 11) is 1.31. The third kappa shape index (κ3) is 8.31. The normalized spacial score (nSPS) is 18.4. The van der Waals surface area contributed by atoms with Crippen LogP contribution in [-0.2, 0) is 28.5 Å². The van der Waals surface area contributed by atoms with Crippen molar-refractivity contribution in [2.75, 3.05) is 26.7 Å². The van der Waals surface area contributed by atoms with Crippen LogP contribution in [0.15, 0.2) is 36.4 Å². The lowest BCUT2D eigenvalue weighted by Crippen LogP contribution is -2.46. The second-order valence-electron chi connectivity index (χ2n) is 9.56. The molecule has 39 heavy (non-hydrogen) atoms. The first kappa shape index (κ1) is 32.4. The summed E-state index contributed by atoms with van der Waals surface area (Å²) in [4.78, 5) is 27.5. The maximum Gasteiger partial charge on any atom is 0.416 e. The van der Waals surface area contributed by atoms with Crippen molar-refractivity contribution < 1.29 is 45.4 Å². The van der Waals surface area contributed by atoms with Crippen LogP contribution < -0.4 is 0 Å². The number of hydrogen-bond acceptors (Lipinski definition) is 3. The molecule has 2 aromatic carbocycles. The molecule has 216 valence electrons. The molecular formula is C26H28ClF7N2O3. The fourth-order valence-electron chi connectivity index (χ4n) is 4.89. The molecule has 1 N–H and O–H groups in total. The van der Waals surface area contributed by atoms with E-state index in [-0.39, 0.29) is 50.0 Å². The van der Waals surface area contributed by atoms with Crippen molar-refractivity contribution in [3.8, 4) is 0 Å². The van der Waals surface area contributed by atoms with Crippen LogP contribution in [0.25, 0.3) is 0 Å². The molecule has 3 rings (SSSR count). The van der Waals surface area contributed by atoms with E-state index in [1.807, 2.05) is 4.90 Å². The number of nitrogens with zero attached hydrogens (tertiary/aromatic N) is 2. The lowest BCUT2D eigenvalue weighted by molar-refractivity contribution is -0.143. The fraction of sp³-hybridized carbons (Fsp3) is 0.462. The van der Waals surface area contributed by atoms with E-state index >= 15 is 0 Å². The summed E-state index contributed by atoms with van der Waals surface area (Å²) < 4.78 is 93.3. The highest BCUT2D eigenvalue weighted by molar-refractivity contribution is 5.85. The lowest BCUT2D eigenvalue weighted by atomic mass is 9.78. The largest absolute Gasteiger partial charge is 0.481 e. The zero-order valence-corrected chi connectivity index (χ0v) is 21.9. The van der Waals surface area contributed by atoms with E-state index in [1.165, 1.54) is 19.2 Å². The van der Waals surface area contributed by atoms with E-state index in [4.69, 9.17) is 5.11 Å². The average molecular weight is 585 g/mol. The predicted octanol–water partition coefficient (Wildman–Crippen LogP) is 6.13. The topological polar surface area (TPSA) is 60.9 Å². The molecule has 2 atom stereocenters. The summed E-state index contributed by atoms with van der Waals surface area (Å²) >= 11 is 0. The molecule has 1 fully saturated rings. The van der Waals surface area contributed by atoms with Gasteiger partial charge in [-0.2, -0.15) is 26.3 Å². The van der Waals surface area contributed by atoms with Crippen LogP contribution in [0.3, 0.4) is 0 Å². The van der Waals surface area contributed by atoms with Gasteiger partial charge in [-0.05, 0) is 66.9 Å². The van der Waals surface area contributed by atoms with Crippen LogP contribution >= 0.6 is 12.4 Å². The molecule has 0 spiro atoms. The molecule has 0 unspecified atom stereocenters. The van der Waals surface area contributed by atoms with Crippen molar-refractivity contribution in [3.05, 3.63) is 70.0 Å². The summed E-state index contributed by atoms with van der Waals surface area (Å²) in [6.07, 6.45) is -9.86. The van der Waals surface area contributed by atoms with Crippen molar-refractivity contribution in [1.29, 1.82) is 0 Å². The monoisotopic (exact) mass is 584 g/mol. The van der Waals surface area contributed by atoms with Gasteiger partial charge in [-0.25, -0.2) is 4.39 Å². The summed E-state index contributed by atoms with van der Waals surface area (Å²) in [6, 6.07) is 5.30. The number of carbonyl (C=O) groups is 2. The van der Waals surface area contributed by atoms with Crippen LogP contribution in [0.4, 0.5) is 30.7 Å². The Labute approximate surface area is 227 Å². The van der Waals surface area contributed by atoms with E-state index in [2.05, 4.69) is 0 Å². The Kier molecular flexibility index (Phi) is 10.4. The van der Waals surface area contributed by atoms with E-state index < -0.39 is 59.6 Å². The Morgan fingerprint density at radius 3 is 2.13 bits per heavy atom. The molecule has 1 aliphatic rings. The molecule has 1 saturated heterocycles. The molecule has 1 amide bonds. The van der Waals surface area contributed by atoms with Crippen LogP contribution in [0.1, 0.15) is 46.6 Å². The SMILES string of the molecule is Cc1cc(F)ccc1[C@@H]1CN(CCC(=O)O)CC[C@H]1C(=O)N(C)Cc1cc(C(F)(F)F)cc(C(F)(F)F)c1.Cl. The number of aliphatic carboxylic acids is 1. The van der Waals surface area contributed by atoms with E-state index in [9.17, 15) is 40.3 Å². The quantitative estimate of drug-likeness (QED) is 0.398. The summed E-state index contributed by atoms with van der Waals surface area (Å²) in [6.45, 7) is 2.07. The number of halogens is 8. The Hall–Kier alpha value is -2.86. The summed E-state index contributed by atoms with van der Waals surface area (Å²) in [5.41, 5.74) is -2.01. The number of piperidine rings is 1. The number of aryl methyl sites for hydroxylation is 1. The standard InChI is InChI=1S/C26H27F7N2O3.ClH/c1-15-9-19(27)3-4-20(15)22-14-35(8-6-23(36)37)7-5-21(22)24(38)34(2)13-16-10-17(25(28,29)30)12-18(11-16)26(31,32)33;/h3-4,9-12,21-22H,5-8,13-14H2,1-2H3,(H,36,37);1H/t21-,22+;/m1./s1. The van der Waals surface area contributed by atoms with E-state index in [1.54, 1.807) is 13.0 Å². The predicted molar refractivity (Wildman–Crippen MR) is 131 cm³/mol. The highest BCUT2D eigenvalue weighted by atomic mass is 35.5. The Balaban J connectivity index is 0.00000533. The number of carbonyl (C=O) groups excluding carboxylic acids is 1. The molecule has 0 saturated carbocycles. The summed E-state index contributed by atoms with van der Waals surface area (Å²) in [5.74, 6) is -3.13. The van der Waals surface area contributed by atoms with Gasteiger partial charge in [0.25, 0.3) is 0 Å². The molecule has 1 heterocycles. The number of hydrogen-bond donors (Lipinski definition) is 1. The highest BCUT2D eigenvalue weighted by Crippen LogP contribution is 2.38. The molecule has 13 heteroatoms. The van der Waals surface area contributed by atoms with Gasteiger partial charge in [0.2, 0.25) is 5.91 Å². The number of carboxylic acid groups (broad SMARTS) is 1. The molecule has 1 aliphatic heterocycles. The zero-order chi connectivity index (χ0) is 28.4. The lowest BCUT2D eigenvalue weighted by Gasteiger charge is -2.40. The minimum absolute atomic E-state index is 0. The van der Waals surface area contributed by atoms with Gasteiger partial charge >= 0.3 is 18.3 Å². The Morgan fingerprint density at radius 2 is 1.62 bits per heavy atom. The van der Waals surface area contributed by atoms with Gasteiger partial charge in [-0.1, -0.05) is 6.07 Å². The number of carboxylic acids is 1. The molecule has 0 aliphatic carbocycles. The van der Waals surface area contributed by atoms with Crippen molar-refractivity contribution in [2.45, 2.75) is 44.6 Å². The third-order valence-electron chi connectivity index (χ3n) is 6.73. The van der Waals surface area contributed by atoms with Gasteiger partial charge in [0.05, 0.1) is 17.5 Å². The molecule has 2 aromatic rings. The average Bonchev–Trinajstić information content (AvgIpc) is 2.81. The highest BCUT2D eigenvalue weighted by Gasteiger charge is 2.39. The molecular weight excluding hydrogens is 557 g/mol. The molecule has 5 nitrogen and oxygen atoms in total. The summed E-state index contributed by atoms with van der Waals surface area (Å²) in [5, 5.41) is 9.02. The molecule has 0 aromatic heterocycles. The van der Waals surface area contributed by atoms with Crippen molar-refractivity contribution >= 4 is 24.3 Å². The molecule has 0 bridgehead atoms. The first-order chi connectivity index (χ1) is 17.6. The van der Waals surface area contributed by atoms with Crippen molar-refractivity contribution in [3.63, 3.8) is 0 Å². The van der Waals surface area contributed by atoms with Gasteiger partial charge in [-0.3, -0.25) is 9.59 Å². The van der Waals surface area contributed by atoms with Crippen molar-refractivity contribution in [1.82, 2.24) is 9.80 Å². The fourth-order valence-corrected chi connectivity index (χ4v) is 4.89. The number of amides is 1. The minimum Gasteiger partial charge on any atom is -0.481 e. The van der Waals surface area contributed by atoms with Crippen LogP contribution in [0.2, 0.25) is 0 Å². The van der Waals surface area contributed by atoms with Gasteiger partial charge in [-0.15, -0.1) is 12.4 Å². The maximum absolute atomic E-state index is 13.7. The van der Waals surface area contributed by atoms with Gasteiger partial charge in [0.1, 0.15) is 5.82 Å². The minimum atomic E-state index is -5.01. The number of rotatable bonds is 7. The van der Waals surface area contributed by atoms with Gasteiger partial charge < -0.3 is 14.9 Å². The first-order valence-electron chi connectivity index (χ1n) is 11.8. The van der Waals surface area contributed by atoms with Gasteiger partial charge in [0.15, 0.2) is 0 Å². The second-order valence-corrected chi connectivity index (χ2v) is 9.56. The van der Waals surface area contributed by atoms with Crippen LogP contribution in [-0.4, -0.2) is 53.5 Å². The Morgan fingerprint density at radius 1 is 1.03 bits per heavy atom. The third-order valence-corrected chi connectivity index (χ3v) is 6.73. The second kappa shape index (κ2) is 12.5. The van der Waals surface area contributed by atoms with E-state index in [0.717, 1.165) is 4.90 Å². The number of benzene rings is 2.